The van der Waals surface area contributed by atoms with Gasteiger partial charge in [0.25, 0.3) is 11.5 Å². The highest BCUT2D eigenvalue weighted by molar-refractivity contribution is 5.71. The van der Waals surface area contributed by atoms with E-state index in [1.54, 1.807) is 36.4 Å². The lowest BCUT2D eigenvalue weighted by atomic mass is 10.3. The number of nitrogens with two attached hydrogens (primary N) is 1. The third-order valence-electron chi connectivity index (χ3n) is 3.22. The summed E-state index contributed by atoms with van der Waals surface area (Å²) in [5.41, 5.74) is 5.47. The molecule has 0 bridgehead atoms. The van der Waals surface area contributed by atoms with Crippen LogP contribution in [0.25, 0.3) is 22.1 Å². The van der Waals surface area contributed by atoms with Crippen molar-refractivity contribution in [3.63, 3.8) is 0 Å². The predicted octanol–water partition coefficient (Wildman–Crippen LogP) is 1.73. The SMILES string of the molecule is C.CC.CC.CC.CC.Nc1nc2ccccc2[n+]([O-])n1.O.O.O=c1[nH][n+]([O-])c2ccccc2[n+]1[O-]. The summed E-state index contributed by atoms with van der Waals surface area (Å²) in [6.45, 7) is 16.0. The molecule has 4 rings (SSSR count). The van der Waals surface area contributed by atoms with Gasteiger partial charge in [-0.25, -0.2) is 4.98 Å². The molecule has 0 saturated heterocycles. The fourth-order valence-electron chi connectivity index (χ4n) is 2.12. The minimum Gasteiger partial charge on any atom is -0.707 e. The summed E-state index contributed by atoms with van der Waals surface area (Å²) in [5.74, 6) is -0.0105. The van der Waals surface area contributed by atoms with Crippen LogP contribution < -0.4 is 25.8 Å². The lowest BCUT2D eigenvalue weighted by Crippen LogP contribution is -2.55. The Hall–Kier alpha value is -4.10. The zero-order valence-corrected chi connectivity index (χ0v) is 21.6. The number of rotatable bonds is 0. The average molecular weight is 514 g/mol. The molecule has 13 heteroatoms. The molecule has 2 heterocycles. The van der Waals surface area contributed by atoms with Crippen LogP contribution >= 0.6 is 0 Å². The Morgan fingerprint density at radius 2 is 1.17 bits per heavy atom. The minimum absolute atomic E-state index is 0. The van der Waals surface area contributed by atoms with Crippen molar-refractivity contribution in [1.29, 1.82) is 0 Å². The van der Waals surface area contributed by atoms with Gasteiger partial charge in [-0.2, -0.15) is 9.52 Å². The van der Waals surface area contributed by atoms with Crippen LogP contribution in [0.2, 0.25) is 0 Å². The number of H-pyrrole nitrogens is 1. The molecular formula is C23H43N7O6. The Morgan fingerprint density at radius 3 is 1.67 bits per heavy atom. The predicted molar refractivity (Wildman–Crippen MR) is 145 cm³/mol. The molecule has 4 aromatic rings. The molecule has 0 spiro atoms. The van der Waals surface area contributed by atoms with Crippen molar-refractivity contribution in [1.82, 2.24) is 15.2 Å². The van der Waals surface area contributed by atoms with Crippen LogP contribution in [0.3, 0.4) is 0 Å². The van der Waals surface area contributed by atoms with Crippen molar-refractivity contribution in [3.05, 3.63) is 74.6 Å². The third kappa shape index (κ3) is 11.9. The highest BCUT2D eigenvalue weighted by Gasteiger charge is 2.13. The van der Waals surface area contributed by atoms with Gasteiger partial charge in [0.05, 0.1) is 5.10 Å². The number of aromatic amines is 1. The van der Waals surface area contributed by atoms with Crippen molar-refractivity contribution in [2.45, 2.75) is 62.8 Å². The van der Waals surface area contributed by atoms with Gasteiger partial charge in [0, 0.05) is 22.1 Å². The van der Waals surface area contributed by atoms with Crippen molar-refractivity contribution in [2.75, 3.05) is 5.73 Å². The van der Waals surface area contributed by atoms with Crippen LogP contribution in [0, 0.1) is 15.6 Å². The number of fused-ring (bicyclic) bond motifs is 2. The Kier molecular flexibility index (Phi) is 28.1. The molecule has 0 radical (unpaired) electrons. The number of para-hydroxylation sites is 4. The van der Waals surface area contributed by atoms with Gasteiger partial charge >= 0.3 is 11.2 Å². The summed E-state index contributed by atoms with van der Waals surface area (Å²) in [6, 6.07) is 12.9. The number of hydrogen-bond acceptors (Lipinski definition) is 7. The summed E-state index contributed by atoms with van der Waals surface area (Å²) in [5, 5.41) is 38.5. The molecule has 0 atom stereocenters. The Morgan fingerprint density at radius 1 is 0.750 bits per heavy atom. The monoisotopic (exact) mass is 513 g/mol. The molecule has 206 valence electrons. The first-order valence-electron chi connectivity index (χ1n) is 10.9. The Labute approximate surface area is 212 Å². The van der Waals surface area contributed by atoms with Gasteiger partial charge in [0.2, 0.25) is 5.52 Å². The van der Waals surface area contributed by atoms with E-state index in [-0.39, 0.29) is 44.9 Å². The van der Waals surface area contributed by atoms with Crippen LogP contribution in [0.4, 0.5) is 5.95 Å². The zero-order chi connectivity index (χ0) is 26.0. The van der Waals surface area contributed by atoms with Gasteiger partial charge in [-0.15, -0.1) is 0 Å². The molecular weight excluding hydrogens is 470 g/mol. The highest BCUT2D eigenvalue weighted by atomic mass is 16.5. The van der Waals surface area contributed by atoms with Crippen molar-refractivity contribution >= 4 is 28.0 Å². The Bertz CT molecular complexity index is 1140. The van der Waals surface area contributed by atoms with E-state index in [1.807, 2.05) is 60.5 Å². The number of nitrogens with zero attached hydrogens (tertiary/aromatic N) is 5. The Balaban J connectivity index is -0.000000131. The van der Waals surface area contributed by atoms with E-state index in [0.29, 0.717) is 15.9 Å². The third-order valence-corrected chi connectivity index (χ3v) is 3.22. The molecule has 0 unspecified atom stereocenters. The van der Waals surface area contributed by atoms with Gasteiger partial charge in [0.15, 0.2) is 0 Å². The number of hydrogen-bond donors (Lipinski definition) is 2. The summed E-state index contributed by atoms with van der Waals surface area (Å²) in [4.78, 5) is 15.5. The van der Waals surface area contributed by atoms with Crippen molar-refractivity contribution in [2.24, 2.45) is 0 Å². The maximum atomic E-state index is 11.1. The number of nitrogen functional groups attached to an aromatic ring is 1. The number of benzene rings is 2. The first-order valence-corrected chi connectivity index (χ1v) is 10.9. The average Bonchev–Trinajstić information content (AvgIpc) is 2.88. The second-order valence-corrected chi connectivity index (χ2v) is 4.83. The molecule has 2 aromatic heterocycles. The van der Waals surface area contributed by atoms with Gasteiger partial charge in [-0.05, 0) is 17.0 Å². The van der Waals surface area contributed by atoms with E-state index in [1.165, 1.54) is 12.1 Å². The second kappa shape index (κ2) is 24.0. The molecule has 0 amide bonds. The van der Waals surface area contributed by atoms with Crippen molar-refractivity contribution in [3.8, 4) is 0 Å². The van der Waals surface area contributed by atoms with Crippen LogP contribution in [0.1, 0.15) is 62.8 Å². The number of anilines is 1. The van der Waals surface area contributed by atoms with E-state index < -0.39 is 5.69 Å². The van der Waals surface area contributed by atoms with Gasteiger partial charge in [-0.3, -0.25) is 0 Å². The summed E-state index contributed by atoms with van der Waals surface area (Å²) in [7, 11) is 0. The molecule has 0 aliphatic carbocycles. The normalized spacial score (nSPS) is 7.89. The van der Waals surface area contributed by atoms with E-state index in [2.05, 4.69) is 10.1 Å². The van der Waals surface area contributed by atoms with Crippen LogP contribution in [-0.4, -0.2) is 26.1 Å². The van der Waals surface area contributed by atoms with E-state index in [4.69, 9.17) is 5.73 Å². The quantitative estimate of drug-likeness (QED) is 0.261. The van der Waals surface area contributed by atoms with Gasteiger partial charge < -0.3 is 32.3 Å². The topological polar surface area (TPSA) is 228 Å². The van der Waals surface area contributed by atoms with Crippen LogP contribution in [0.15, 0.2) is 53.3 Å². The molecule has 7 N–H and O–H groups in total. The van der Waals surface area contributed by atoms with Crippen LogP contribution in [0.5, 0.6) is 0 Å². The molecule has 13 nitrogen and oxygen atoms in total. The molecule has 36 heavy (non-hydrogen) atoms. The maximum Gasteiger partial charge on any atom is 0.554 e. The van der Waals surface area contributed by atoms with Gasteiger partial charge in [0.1, 0.15) is 5.52 Å². The molecule has 0 fully saturated rings. The maximum absolute atomic E-state index is 11.1. The molecule has 0 aliphatic rings. The molecule has 2 aromatic carbocycles. The fourth-order valence-corrected chi connectivity index (χ4v) is 2.12. The largest absolute Gasteiger partial charge is 0.707 e. The van der Waals surface area contributed by atoms with E-state index in [0.717, 1.165) is 0 Å². The zero-order valence-electron chi connectivity index (χ0n) is 21.6. The first kappa shape index (κ1) is 42.1. The number of aromatic nitrogens is 6. The van der Waals surface area contributed by atoms with E-state index >= 15 is 0 Å². The first-order chi connectivity index (χ1) is 16.0. The number of nitrogens with one attached hydrogen (secondary N) is 1. The lowest BCUT2D eigenvalue weighted by molar-refractivity contribution is -0.689. The smallest absolute Gasteiger partial charge is 0.554 e. The summed E-state index contributed by atoms with van der Waals surface area (Å²) < 4.78 is 0.143. The second-order valence-electron chi connectivity index (χ2n) is 4.83. The molecule has 0 saturated carbocycles. The summed E-state index contributed by atoms with van der Waals surface area (Å²) >= 11 is 0. The van der Waals surface area contributed by atoms with E-state index in [9.17, 15) is 20.4 Å². The minimum atomic E-state index is -0.978. The van der Waals surface area contributed by atoms with Gasteiger partial charge in [-0.1, -0.05) is 87.1 Å². The summed E-state index contributed by atoms with van der Waals surface area (Å²) in [6.07, 6.45) is 0. The standard InChI is InChI=1S/C7H6N4O.C7H5N3O3.4C2H6.CH4.2H2O/c8-7-9-5-3-1-2-4-6(5)11(12)10-7;11-7-8-10(13)6-4-2-1-3-5(6)9(7)12;4*1-2;;;/h1-4H,(H2,8,9,10);1-4H,(H,8,11);4*1-2H3;1H4;2*1H2. The molecule has 0 aliphatic heterocycles. The fraction of sp³-hybridized carbons (Fsp3) is 0.391. The van der Waals surface area contributed by atoms with Crippen LogP contribution in [-0.2, 0) is 0 Å². The lowest BCUT2D eigenvalue weighted by Gasteiger charge is -2.01. The van der Waals surface area contributed by atoms with Crippen molar-refractivity contribution < 1.29 is 25.4 Å². The highest BCUT2D eigenvalue weighted by Crippen LogP contribution is 2.05.